The molecule has 1 saturated heterocycles. The molecule has 1 aliphatic rings. The number of hydrogen-bond donors (Lipinski definition) is 1. The normalized spacial score (nSPS) is 16.1. The number of carbonyl (C=O) groups excluding carboxylic acids is 2. The van der Waals surface area contributed by atoms with Gasteiger partial charge in [-0.25, -0.2) is 0 Å². The standard InChI is InChI=1S/C19H20Cl3N3O2S/c1-12(23-18(26)14-3-2-4-15(20)17(14)22)19(27)25-9-7-24(8-10-25)11-13-5-6-16(21)28-13/h2-6,12H,7-11H2,1H3,(H,23,26). The molecule has 2 amide bonds. The van der Waals surface area contributed by atoms with Crippen molar-refractivity contribution in [3.8, 4) is 0 Å². The van der Waals surface area contributed by atoms with Crippen LogP contribution in [0.25, 0.3) is 0 Å². The molecule has 0 spiro atoms. The average molecular weight is 461 g/mol. The molecule has 1 aliphatic heterocycles. The molecule has 1 unspecified atom stereocenters. The Balaban J connectivity index is 1.51. The molecule has 28 heavy (non-hydrogen) atoms. The third-order valence-electron chi connectivity index (χ3n) is 4.61. The van der Waals surface area contributed by atoms with E-state index in [0.29, 0.717) is 18.1 Å². The lowest BCUT2D eigenvalue weighted by Gasteiger charge is -2.35. The van der Waals surface area contributed by atoms with Crippen LogP contribution < -0.4 is 5.32 Å². The van der Waals surface area contributed by atoms with Crippen molar-refractivity contribution in [3.63, 3.8) is 0 Å². The summed E-state index contributed by atoms with van der Waals surface area (Å²) in [5, 5.41) is 3.20. The minimum atomic E-state index is -0.648. The van der Waals surface area contributed by atoms with E-state index in [4.69, 9.17) is 34.8 Å². The van der Waals surface area contributed by atoms with Gasteiger partial charge in [0.25, 0.3) is 5.91 Å². The van der Waals surface area contributed by atoms with Crippen LogP contribution in [0.5, 0.6) is 0 Å². The summed E-state index contributed by atoms with van der Waals surface area (Å²) in [5.41, 5.74) is 0.258. The molecule has 1 fully saturated rings. The first-order chi connectivity index (χ1) is 13.3. The maximum Gasteiger partial charge on any atom is 0.253 e. The number of thiophene rings is 1. The molecular formula is C19H20Cl3N3O2S. The van der Waals surface area contributed by atoms with Crippen LogP contribution in [0.4, 0.5) is 0 Å². The molecule has 1 N–H and O–H groups in total. The van der Waals surface area contributed by atoms with Crippen molar-refractivity contribution < 1.29 is 9.59 Å². The minimum Gasteiger partial charge on any atom is -0.340 e. The van der Waals surface area contributed by atoms with E-state index in [1.54, 1.807) is 41.4 Å². The molecule has 1 atom stereocenters. The van der Waals surface area contributed by atoms with E-state index < -0.39 is 11.9 Å². The first-order valence-electron chi connectivity index (χ1n) is 8.85. The molecule has 0 bridgehead atoms. The van der Waals surface area contributed by atoms with Crippen LogP contribution in [0.2, 0.25) is 14.4 Å². The van der Waals surface area contributed by atoms with Crippen molar-refractivity contribution >= 4 is 58.0 Å². The molecule has 9 heteroatoms. The summed E-state index contributed by atoms with van der Waals surface area (Å²) < 4.78 is 0.785. The zero-order chi connectivity index (χ0) is 20.3. The highest BCUT2D eigenvalue weighted by atomic mass is 35.5. The molecule has 2 heterocycles. The van der Waals surface area contributed by atoms with Gasteiger partial charge in [-0.3, -0.25) is 14.5 Å². The van der Waals surface area contributed by atoms with Crippen molar-refractivity contribution in [3.05, 3.63) is 55.2 Å². The third kappa shape index (κ3) is 5.19. The molecule has 3 rings (SSSR count). The monoisotopic (exact) mass is 459 g/mol. The fraction of sp³-hybridized carbons (Fsp3) is 0.368. The van der Waals surface area contributed by atoms with Crippen LogP contribution in [-0.2, 0) is 11.3 Å². The molecule has 2 aromatic rings. The second-order valence-corrected chi connectivity index (χ2v) is 9.19. The summed E-state index contributed by atoms with van der Waals surface area (Å²) >= 11 is 19.6. The number of carbonyl (C=O) groups is 2. The Kier molecular flexibility index (Phi) is 7.23. The van der Waals surface area contributed by atoms with Crippen molar-refractivity contribution in [2.24, 2.45) is 0 Å². The van der Waals surface area contributed by atoms with Crippen LogP contribution >= 0.6 is 46.1 Å². The Hall–Kier alpha value is -1.31. The van der Waals surface area contributed by atoms with E-state index in [-0.39, 0.29) is 16.5 Å². The molecule has 1 aromatic heterocycles. The van der Waals surface area contributed by atoms with Crippen LogP contribution in [0.1, 0.15) is 22.2 Å². The molecule has 0 radical (unpaired) electrons. The molecule has 0 aliphatic carbocycles. The first kappa shape index (κ1) is 21.4. The predicted molar refractivity (Wildman–Crippen MR) is 115 cm³/mol. The smallest absolute Gasteiger partial charge is 0.253 e. The van der Waals surface area contributed by atoms with E-state index in [1.165, 1.54) is 4.88 Å². The van der Waals surface area contributed by atoms with Gasteiger partial charge in [0, 0.05) is 37.6 Å². The van der Waals surface area contributed by atoms with Gasteiger partial charge in [-0.1, -0.05) is 40.9 Å². The maximum absolute atomic E-state index is 12.7. The van der Waals surface area contributed by atoms with Crippen LogP contribution in [0.3, 0.4) is 0 Å². The largest absolute Gasteiger partial charge is 0.340 e. The number of hydrogen-bond acceptors (Lipinski definition) is 4. The molecule has 1 aromatic carbocycles. The first-order valence-corrected chi connectivity index (χ1v) is 10.8. The topological polar surface area (TPSA) is 52.7 Å². The van der Waals surface area contributed by atoms with E-state index >= 15 is 0 Å². The SMILES string of the molecule is CC(NC(=O)c1cccc(Cl)c1Cl)C(=O)N1CCN(Cc2ccc(Cl)s2)CC1. The van der Waals surface area contributed by atoms with Gasteiger partial charge in [0.2, 0.25) is 5.91 Å². The van der Waals surface area contributed by atoms with Gasteiger partial charge in [-0.05, 0) is 31.2 Å². The lowest BCUT2D eigenvalue weighted by Crippen LogP contribution is -2.53. The molecule has 5 nitrogen and oxygen atoms in total. The average Bonchev–Trinajstić information content (AvgIpc) is 3.08. The van der Waals surface area contributed by atoms with Crippen molar-refractivity contribution in [1.29, 1.82) is 0 Å². The van der Waals surface area contributed by atoms with Gasteiger partial charge < -0.3 is 10.2 Å². The van der Waals surface area contributed by atoms with E-state index in [1.807, 2.05) is 12.1 Å². The fourth-order valence-corrected chi connectivity index (χ4v) is 4.59. The molecule has 0 saturated carbocycles. The summed E-state index contributed by atoms with van der Waals surface area (Å²) in [6.45, 7) is 5.31. The number of nitrogens with one attached hydrogen (secondary N) is 1. The van der Waals surface area contributed by atoms with Crippen molar-refractivity contribution in [2.75, 3.05) is 26.2 Å². The van der Waals surface area contributed by atoms with Gasteiger partial charge in [0.15, 0.2) is 0 Å². The number of halogens is 3. The van der Waals surface area contributed by atoms with E-state index in [0.717, 1.165) is 24.0 Å². The quantitative estimate of drug-likeness (QED) is 0.728. The van der Waals surface area contributed by atoms with Gasteiger partial charge in [-0.15, -0.1) is 11.3 Å². The highest BCUT2D eigenvalue weighted by molar-refractivity contribution is 7.16. The second kappa shape index (κ2) is 9.46. The summed E-state index contributed by atoms with van der Waals surface area (Å²) in [6.07, 6.45) is 0. The van der Waals surface area contributed by atoms with Crippen molar-refractivity contribution in [1.82, 2.24) is 15.1 Å². The number of benzene rings is 1. The summed E-state index contributed by atoms with van der Waals surface area (Å²) in [5.74, 6) is -0.521. The Morgan fingerprint density at radius 3 is 2.46 bits per heavy atom. The van der Waals surface area contributed by atoms with Gasteiger partial charge >= 0.3 is 0 Å². The zero-order valence-corrected chi connectivity index (χ0v) is 18.3. The Labute approximate surface area is 183 Å². The Bertz CT molecular complexity index is 866. The van der Waals surface area contributed by atoms with Crippen LogP contribution in [0, 0.1) is 0 Å². The maximum atomic E-state index is 12.7. The van der Waals surface area contributed by atoms with Gasteiger partial charge in [0.1, 0.15) is 6.04 Å². The van der Waals surface area contributed by atoms with Gasteiger partial charge in [-0.2, -0.15) is 0 Å². The minimum absolute atomic E-state index is 0.106. The zero-order valence-electron chi connectivity index (χ0n) is 15.3. The number of rotatable bonds is 5. The van der Waals surface area contributed by atoms with E-state index in [2.05, 4.69) is 10.2 Å². The van der Waals surface area contributed by atoms with Crippen molar-refractivity contribution in [2.45, 2.75) is 19.5 Å². The number of nitrogens with zero attached hydrogens (tertiary/aromatic N) is 2. The number of amides is 2. The second-order valence-electron chi connectivity index (χ2n) is 6.60. The molecule has 150 valence electrons. The summed E-state index contributed by atoms with van der Waals surface area (Å²) in [6, 6.07) is 8.12. The number of piperazine rings is 1. The Morgan fingerprint density at radius 1 is 1.11 bits per heavy atom. The van der Waals surface area contributed by atoms with Crippen LogP contribution in [-0.4, -0.2) is 53.8 Å². The van der Waals surface area contributed by atoms with Crippen LogP contribution in [0.15, 0.2) is 30.3 Å². The Morgan fingerprint density at radius 2 is 1.82 bits per heavy atom. The highest BCUT2D eigenvalue weighted by Crippen LogP contribution is 2.25. The van der Waals surface area contributed by atoms with Gasteiger partial charge in [0.05, 0.1) is 19.9 Å². The predicted octanol–water partition coefficient (Wildman–Crippen LogP) is 4.17. The van der Waals surface area contributed by atoms with E-state index in [9.17, 15) is 9.59 Å². The fourth-order valence-electron chi connectivity index (χ4n) is 3.07. The lowest BCUT2D eigenvalue weighted by molar-refractivity contribution is -0.134. The lowest BCUT2D eigenvalue weighted by atomic mass is 10.2. The highest BCUT2D eigenvalue weighted by Gasteiger charge is 2.26. The molecular weight excluding hydrogens is 441 g/mol. The summed E-state index contributed by atoms with van der Waals surface area (Å²) in [4.78, 5) is 30.4. The third-order valence-corrected chi connectivity index (χ3v) is 6.64. The summed E-state index contributed by atoms with van der Waals surface area (Å²) in [7, 11) is 0.